The minimum absolute atomic E-state index is 0.175. The fraction of sp³-hybridized carbons (Fsp3) is 0.647. The van der Waals surface area contributed by atoms with Crippen molar-refractivity contribution in [1.82, 2.24) is 5.32 Å². The Hall–Kier alpha value is -0.730. The van der Waals surface area contributed by atoms with Crippen LogP contribution < -0.4 is 10.2 Å². The van der Waals surface area contributed by atoms with Gasteiger partial charge in [0.25, 0.3) is 0 Å². The Morgan fingerprint density at radius 3 is 2.60 bits per heavy atom. The molecule has 3 heteroatoms. The molecule has 0 saturated carbocycles. The lowest BCUT2D eigenvalue weighted by atomic mass is 9.79. The van der Waals surface area contributed by atoms with Gasteiger partial charge >= 0.3 is 0 Å². The largest absolute Gasteiger partial charge is 0.364 e. The van der Waals surface area contributed by atoms with Gasteiger partial charge in [-0.25, -0.2) is 0 Å². The highest BCUT2D eigenvalue weighted by molar-refractivity contribution is 6.31. The van der Waals surface area contributed by atoms with Crippen LogP contribution in [-0.4, -0.2) is 18.6 Å². The molecule has 1 heterocycles. The molecule has 1 aliphatic heterocycles. The predicted octanol–water partition coefficient (Wildman–Crippen LogP) is 4.56. The predicted molar refractivity (Wildman–Crippen MR) is 88.9 cm³/mol. The number of hydrogen-bond acceptors (Lipinski definition) is 2. The first kappa shape index (κ1) is 15.7. The molecule has 1 N–H and O–H groups in total. The highest BCUT2D eigenvalue weighted by atomic mass is 35.5. The summed E-state index contributed by atoms with van der Waals surface area (Å²) >= 11 is 6.48. The lowest BCUT2D eigenvalue weighted by Gasteiger charge is -2.50. The van der Waals surface area contributed by atoms with Gasteiger partial charge in [-0.2, -0.15) is 0 Å². The third kappa shape index (κ3) is 2.68. The van der Waals surface area contributed by atoms with Crippen LogP contribution in [0, 0.1) is 0 Å². The smallest absolute Gasteiger partial charge is 0.0471 e. The van der Waals surface area contributed by atoms with Crippen molar-refractivity contribution in [1.29, 1.82) is 0 Å². The van der Waals surface area contributed by atoms with Crippen molar-refractivity contribution in [3.8, 4) is 0 Å². The second-order valence-corrected chi connectivity index (χ2v) is 7.32. The van der Waals surface area contributed by atoms with Crippen molar-refractivity contribution >= 4 is 17.3 Å². The van der Waals surface area contributed by atoms with E-state index in [1.807, 2.05) is 7.05 Å². The number of halogens is 1. The van der Waals surface area contributed by atoms with Crippen LogP contribution in [0.1, 0.15) is 58.1 Å². The topological polar surface area (TPSA) is 15.3 Å². The van der Waals surface area contributed by atoms with Crippen molar-refractivity contribution < 1.29 is 0 Å². The van der Waals surface area contributed by atoms with Gasteiger partial charge in [0.1, 0.15) is 0 Å². The Morgan fingerprint density at radius 1 is 1.40 bits per heavy atom. The first-order chi connectivity index (χ1) is 9.27. The summed E-state index contributed by atoms with van der Waals surface area (Å²) in [7, 11) is 1.96. The first-order valence-corrected chi connectivity index (χ1v) is 7.92. The van der Waals surface area contributed by atoms with E-state index in [1.165, 1.54) is 23.2 Å². The molecule has 0 fully saturated rings. The monoisotopic (exact) mass is 294 g/mol. The summed E-state index contributed by atoms with van der Waals surface area (Å²) in [6.45, 7) is 12.3. The van der Waals surface area contributed by atoms with Crippen LogP contribution in [0.4, 0.5) is 5.69 Å². The summed E-state index contributed by atoms with van der Waals surface area (Å²) in [6, 6.07) is 4.94. The SMILES string of the molecule is CNCc1cc2c(cc1Cl)N(C(C)C)C(C)(C)C[C@@H]2C. The molecule has 0 bridgehead atoms. The van der Waals surface area contributed by atoms with Gasteiger partial charge in [0, 0.05) is 28.8 Å². The van der Waals surface area contributed by atoms with Gasteiger partial charge in [-0.15, -0.1) is 0 Å². The molecule has 0 saturated heterocycles. The van der Waals surface area contributed by atoms with Gasteiger partial charge in [0.05, 0.1) is 0 Å². The van der Waals surface area contributed by atoms with Gasteiger partial charge in [-0.05, 0) is 64.3 Å². The highest BCUT2D eigenvalue weighted by Crippen LogP contribution is 2.46. The molecule has 0 aliphatic carbocycles. The maximum atomic E-state index is 6.48. The lowest BCUT2D eigenvalue weighted by Crippen LogP contribution is -2.51. The molecule has 0 amide bonds. The van der Waals surface area contributed by atoms with E-state index < -0.39 is 0 Å². The molecule has 20 heavy (non-hydrogen) atoms. The van der Waals surface area contributed by atoms with Gasteiger partial charge in [0.15, 0.2) is 0 Å². The van der Waals surface area contributed by atoms with Crippen molar-refractivity contribution in [3.05, 3.63) is 28.3 Å². The van der Waals surface area contributed by atoms with E-state index >= 15 is 0 Å². The van der Waals surface area contributed by atoms with Crippen LogP contribution in [0.5, 0.6) is 0 Å². The zero-order chi connectivity index (χ0) is 15.1. The Balaban J connectivity index is 2.57. The normalized spacial score (nSPS) is 21.2. The molecule has 1 atom stereocenters. The number of hydrogen-bond donors (Lipinski definition) is 1. The summed E-state index contributed by atoms with van der Waals surface area (Å²) in [6.07, 6.45) is 1.18. The fourth-order valence-corrected chi connectivity index (χ4v) is 4.04. The zero-order valence-electron chi connectivity index (χ0n) is 13.5. The Morgan fingerprint density at radius 2 is 2.05 bits per heavy atom. The van der Waals surface area contributed by atoms with E-state index in [1.54, 1.807) is 0 Å². The molecule has 0 spiro atoms. The quantitative estimate of drug-likeness (QED) is 0.879. The molecule has 112 valence electrons. The average Bonchev–Trinajstić information content (AvgIpc) is 2.29. The fourth-order valence-electron chi connectivity index (χ4n) is 3.82. The van der Waals surface area contributed by atoms with Crippen LogP contribution in [0.25, 0.3) is 0 Å². The molecule has 2 nitrogen and oxygen atoms in total. The maximum absolute atomic E-state index is 6.48. The number of fused-ring (bicyclic) bond motifs is 1. The minimum atomic E-state index is 0.175. The second-order valence-electron chi connectivity index (χ2n) is 6.91. The summed E-state index contributed by atoms with van der Waals surface area (Å²) in [5.41, 5.74) is 4.12. The molecule has 1 aromatic carbocycles. The Kier molecular flexibility index (Phi) is 4.36. The maximum Gasteiger partial charge on any atom is 0.0471 e. The molecule has 1 aliphatic rings. The number of benzene rings is 1. The summed E-state index contributed by atoms with van der Waals surface area (Å²) in [4.78, 5) is 2.53. The van der Waals surface area contributed by atoms with Crippen molar-refractivity contribution in [3.63, 3.8) is 0 Å². The third-order valence-corrected chi connectivity index (χ3v) is 4.68. The van der Waals surface area contributed by atoms with Crippen molar-refractivity contribution in [2.45, 2.75) is 65.1 Å². The number of anilines is 1. The minimum Gasteiger partial charge on any atom is -0.364 e. The van der Waals surface area contributed by atoms with Crippen LogP contribution in [0.2, 0.25) is 5.02 Å². The van der Waals surface area contributed by atoms with E-state index in [9.17, 15) is 0 Å². The van der Waals surface area contributed by atoms with E-state index in [0.29, 0.717) is 12.0 Å². The summed E-state index contributed by atoms with van der Waals surface area (Å²) in [5.74, 6) is 0.572. The summed E-state index contributed by atoms with van der Waals surface area (Å²) < 4.78 is 0. The van der Waals surface area contributed by atoms with Gasteiger partial charge in [-0.3, -0.25) is 0 Å². The van der Waals surface area contributed by atoms with Gasteiger partial charge in [-0.1, -0.05) is 24.6 Å². The van der Waals surface area contributed by atoms with Gasteiger partial charge in [0.2, 0.25) is 0 Å². The lowest BCUT2D eigenvalue weighted by molar-refractivity contribution is 0.356. The molecule has 0 unspecified atom stereocenters. The highest BCUT2D eigenvalue weighted by Gasteiger charge is 2.37. The van der Waals surface area contributed by atoms with Crippen molar-refractivity contribution in [2.75, 3.05) is 11.9 Å². The standard InChI is InChI=1S/C17H27ClN2/c1-11(2)20-16-8-15(18)13(10-19-6)7-14(16)12(3)9-17(20,4)5/h7-8,11-12,19H,9-10H2,1-6H3/t12-/m0/s1. The van der Waals surface area contributed by atoms with E-state index in [4.69, 9.17) is 11.6 Å². The van der Waals surface area contributed by atoms with E-state index in [-0.39, 0.29) is 5.54 Å². The molecular formula is C17H27ClN2. The van der Waals surface area contributed by atoms with Gasteiger partial charge < -0.3 is 10.2 Å². The van der Waals surface area contributed by atoms with Crippen LogP contribution in [0.3, 0.4) is 0 Å². The Labute approximate surface area is 128 Å². The zero-order valence-corrected chi connectivity index (χ0v) is 14.3. The number of nitrogens with zero attached hydrogens (tertiary/aromatic N) is 1. The van der Waals surface area contributed by atoms with Crippen LogP contribution >= 0.6 is 11.6 Å². The van der Waals surface area contributed by atoms with E-state index in [0.717, 1.165) is 11.6 Å². The number of rotatable bonds is 3. The number of nitrogens with one attached hydrogen (secondary N) is 1. The third-order valence-electron chi connectivity index (χ3n) is 4.33. The van der Waals surface area contributed by atoms with Crippen LogP contribution in [-0.2, 0) is 6.54 Å². The van der Waals surface area contributed by atoms with Crippen molar-refractivity contribution in [2.24, 2.45) is 0 Å². The molecular weight excluding hydrogens is 268 g/mol. The second kappa shape index (κ2) is 5.57. The summed E-state index contributed by atoms with van der Waals surface area (Å²) in [5, 5.41) is 4.07. The average molecular weight is 295 g/mol. The molecule has 0 aromatic heterocycles. The molecule has 0 radical (unpaired) electrons. The molecule has 1 aromatic rings. The first-order valence-electron chi connectivity index (χ1n) is 7.54. The van der Waals surface area contributed by atoms with E-state index in [2.05, 4.69) is 57.0 Å². The molecule has 2 rings (SSSR count). The Bertz CT molecular complexity index is 494. The van der Waals surface area contributed by atoms with Crippen LogP contribution in [0.15, 0.2) is 12.1 Å².